The summed E-state index contributed by atoms with van der Waals surface area (Å²) < 4.78 is 38.8. The van der Waals surface area contributed by atoms with Crippen LogP contribution in [0.1, 0.15) is 47.2 Å². The van der Waals surface area contributed by atoms with Gasteiger partial charge < -0.3 is 14.8 Å². The van der Waals surface area contributed by atoms with Crippen molar-refractivity contribution in [1.82, 2.24) is 5.32 Å². The lowest BCUT2D eigenvalue weighted by Gasteiger charge is -2.48. The summed E-state index contributed by atoms with van der Waals surface area (Å²) in [7, 11) is -3.74. The van der Waals surface area contributed by atoms with Crippen molar-refractivity contribution < 1.29 is 27.2 Å². The maximum Gasteiger partial charge on any atom is 0.346 e. The van der Waals surface area contributed by atoms with Gasteiger partial charge in [-0.1, -0.05) is 36.4 Å². The summed E-state index contributed by atoms with van der Waals surface area (Å²) in [5, 5.41) is 3.46. The van der Waals surface area contributed by atoms with Crippen LogP contribution in [0.15, 0.2) is 76.5 Å². The molecule has 1 amide bonds. The molecule has 0 atom stereocenters. The maximum absolute atomic E-state index is 14.2. The second-order valence-electron chi connectivity index (χ2n) is 11.4. The van der Waals surface area contributed by atoms with E-state index in [9.17, 15) is 13.2 Å². The predicted molar refractivity (Wildman–Crippen MR) is 152 cm³/mol. The van der Waals surface area contributed by atoms with Crippen molar-refractivity contribution in [2.24, 2.45) is 5.92 Å². The Kier molecular flexibility index (Phi) is 7.42. The zero-order chi connectivity index (χ0) is 27.7. The molecule has 40 heavy (non-hydrogen) atoms. The summed E-state index contributed by atoms with van der Waals surface area (Å²) >= 11 is 0. The Hall–Kier alpha value is -3.20. The van der Waals surface area contributed by atoms with Crippen LogP contribution in [-0.4, -0.2) is 57.8 Å². The summed E-state index contributed by atoms with van der Waals surface area (Å²) in [6.07, 6.45) is 4.45. The van der Waals surface area contributed by atoms with Gasteiger partial charge in [0.25, 0.3) is 0 Å². The van der Waals surface area contributed by atoms with E-state index in [1.807, 2.05) is 43.3 Å². The number of likely N-dealkylation sites (tertiary alicyclic amines) is 1. The SMILES string of the molecule is Cc1ccccc1C(=O)[N+]1(C2CCNCC2)CCC(Cc2ccccc2S(=O)(=O)c2ccc3c(c2)OCO3)CC1. The number of nitrogens with one attached hydrogen (secondary N) is 1. The number of fused-ring (bicyclic) bond motifs is 1. The van der Waals surface area contributed by atoms with E-state index in [-0.39, 0.29) is 17.6 Å². The molecule has 0 aromatic heterocycles. The van der Waals surface area contributed by atoms with Crippen LogP contribution >= 0.6 is 0 Å². The van der Waals surface area contributed by atoms with Gasteiger partial charge in [-0.3, -0.25) is 4.48 Å². The number of nitrogens with zero attached hydrogens (tertiary/aromatic N) is 1. The van der Waals surface area contributed by atoms with Crippen molar-refractivity contribution in [3.63, 3.8) is 0 Å². The third kappa shape index (κ3) is 4.93. The fraction of sp³-hybridized carbons (Fsp3) is 0.406. The van der Waals surface area contributed by atoms with Crippen LogP contribution in [0, 0.1) is 12.8 Å². The molecule has 3 aliphatic heterocycles. The van der Waals surface area contributed by atoms with Crippen molar-refractivity contribution in [3.05, 3.63) is 83.4 Å². The highest BCUT2D eigenvalue weighted by molar-refractivity contribution is 7.91. The number of piperidine rings is 2. The first-order valence-electron chi connectivity index (χ1n) is 14.3. The summed E-state index contributed by atoms with van der Waals surface area (Å²) in [6, 6.07) is 20.4. The molecule has 0 radical (unpaired) electrons. The van der Waals surface area contributed by atoms with Gasteiger partial charge in [0.15, 0.2) is 11.5 Å². The number of amides is 1. The van der Waals surface area contributed by atoms with Gasteiger partial charge in [-0.25, -0.2) is 13.2 Å². The maximum atomic E-state index is 14.2. The lowest BCUT2D eigenvalue weighted by molar-refractivity contribution is -0.881. The van der Waals surface area contributed by atoms with Crippen LogP contribution in [0.3, 0.4) is 0 Å². The lowest BCUT2D eigenvalue weighted by atomic mass is 9.85. The molecule has 1 N–H and O–H groups in total. The van der Waals surface area contributed by atoms with E-state index in [1.165, 1.54) is 0 Å². The number of sulfone groups is 1. The molecule has 0 spiro atoms. The summed E-state index contributed by atoms with van der Waals surface area (Å²) in [5.41, 5.74) is 2.70. The highest BCUT2D eigenvalue weighted by atomic mass is 32.2. The molecule has 2 saturated heterocycles. The van der Waals surface area contributed by atoms with Crippen LogP contribution < -0.4 is 14.8 Å². The topological polar surface area (TPSA) is 81.7 Å². The third-order valence-electron chi connectivity index (χ3n) is 9.09. The fourth-order valence-corrected chi connectivity index (χ4v) is 8.31. The highest BCUT2D eigenvalue weighted by Gasteiger charge is 2.47. The molecule has 0 bridgehead atoms. The van der Waals surface area contributed by atoms with Crippen LogP contribution in [0.5, 0.6) is 11.5 Å². The van der Waals surface area contributed by atoms with Crippen LogP contribution in [-0.2, 0) is 16.3 Å². The Morgan fingerprint density at radius 1 is 0.900 bits per heavy atom. The summed E-state index contributed by atoms with van der Waals surface area (Å²) in [4.78, 5) is 14.7. The molecule has 3 aliphatic rings. The number of rotatable bonds is 6. The second kappa shape index (κ2) is 11.0. The van der Waals surface area contributed by atoms with E-state index in [1.54, 1.807) is 30.3 Å². The van der Waals surface area contributed by atoms with Crippen molar-refractivity contribution in [3.8, 4) is 11.5 Å². The first kappa shape index (κ1) is 27.0. The predicted octanol–water partition coefficient (Wildman–Crippen LogP) is 4.92. The van der Waals surface area contributed by atoms with Gasteiger partial charge >= 0.3 is 5.91 Å². The Balaban J connectivity index is 1.24. The van der Waals surface area contributed by atoms with Gasteiger partial charge in [0.2, 0.25) is 16.6 Å². The third-order valence-corrected chi connectivity index (χ3v) is 10.9. The molecular weight excluding hydrogens is 524 g/mol. The first-order valence-corrected chi connectivity index (χ1v) is 15.8. The molecule has 0 aliphatic carbocycles. The summed E-state index contributed by atoms with van der Waals surface area (Å²) in [5.74, 6) is 1.57. The van der Waals surface area contributed by atoms with Crippen LogP contribution in [0.4, 0.5) is 0 Å². The van der Waals surface area contributed by atoms with Crippen molar-refractivity contribution >= 4 is 15.7 Å². The van der Waals surface area contributed by atoms with Gasteiger partial charge in [0.1, 0.15) is 0 Å². The normalized spacial score (nSPS) is 23.2. The standard InChI is InChI=1S/C32H37N2O5S/c1-23-6-2-4-8-28(23)32(35)34(26-12-16-33-17-13-26)18-14-24(15-19-34)20-25-7-3-5-9-31(25)40(36,37)27-10-11-29-30(21-27)39-22-38-29/h2-11,21,24,26,33H,12-20,22H2,1H3/q+1. The molecule has 6 rings (SSSR count). The minimum absolute atomic E-state index is 0.0980. The molecule has 0 unspecified atom stereocenters. The zero-order valence-corrected chi connectivity index (χ0v) is 23.8. The molecule has 3 heterocycles. The number of ether oxygens (including phenoxy) is 2. The van der Waals surface area contributed by atoms with Gasteiger partial charge in [-0.15, -0.1) is 0 Å². The molecule has 0 saturated carbocycles. The average molecular weight is 562 g/mol. The van der Waals surface area contributed by atoms with E-state index in [0.717, 1.165) is 68.6 Å². The fourth-order valence-electron chi connectivity index (χ4n) is 6.79. The van der Waals surface area contributed by atoms with Gasteiger partial charge in [-0.05, 0) is 54.7 Å². The average Bonchev–Trinajstić information content (AvgIpc) is 3.47. The van der Waals surface area contributed by atoms with Crippen molar-refractivity contribution in [2.75, 3.05) is 33.0 Å². The second-order valence-corrected chi connectivity index (χ2v) is 13.3. The van der Waals surface area contributed by atoms with E-state index < -0.39 is 9.84 Å². The minimum Gasteiger partial charge on any atom is -0.454 e. The van der Waals surface area contributed by atoms with E-state index in [0.29, 0.717) is 39.3 Å². The van der Waals surface area contributed by atoms with E-state index in [2.05, 4.69) is 5.32 Å². The van der Waals surface area contributed by atoms with Crippen molar-refractivity contribution in [1.29, 1.82) is 0 Å². The van der Waals surface area contributed by atoms with Gasteiger partial charge in [0.05, 0.1) is 34.5 Å². The molecule has 7 nitrogen and oxygen atoms in total. The number of hydrogen-bond acceptors (Lipinski definition) is 6. The highest BCUT2D eigenvalue weighted by Crippen LogP contribution is 2.38. The number of benzene rings is 3. The monoisotopic (exact) mass is 561 g/mol. The van der Waals surface area contributed by atoms with Crippen LogP contribution in [0.25, 0.3) is 0 Å². The van der Waals surface area contributed by atoms with Gasteiger partial charge in [0, 0.05) is 44.8 Å². The minimum atomic E-state index is -3.74. The Morgan fingerprint density at radius 2 is 1.60 bits per heavy atom. The number of aryl methyl sites for hydroxylation is 1. The molecule has 3 aromatic rings. The smallest absolute Gasteiger partial charge is 0.346 e. The van der Waals surface area contributed by atoms with E-state index in [4.69, 9.17) is 9.47 Å². The number of quaternary nitrogens is 1. The van der Waals surface area contributed by atoms with Crippen LogP contribution in [0.2, 0.25) is 0 Å². The largest absolute Gasteiger partial charge is 0.454 e. The first-order chi connectivity index (χ1) is 19.4. The molecule has 3 aromatic carbocycles. The van der Waals surface area contributed by atoms with Gasteiger partial charge in [-0.2, -0.15) is 0 Å². The number of carbonyl (C=O) groups is 1. The summed E-state index contributed by atoms with van der Waals surface area (Å²) in [6.45, 7) is 5.59. The quantitative estimate of drug-likeness (QED) is 0.431. The van der Waals surface area contributed by atoms with Crippen molar-refractivity contribution in [2.45, 2.75) is 54.9 Å². The molecular formula is C32H37N2O5S+. The molecule has 8 heteroatoms. The van der Waals surface area contributed by atoms with E-state index >= 15 is 0 Å². The Labute approximate surface area is 236 Å². The molecule has 210 valence electrons. The Morgan fingerprint density at radius 3 is 2.38 bits per heavy atom. The number of carbonyl (C=O) groups excluding carboxylic acids is 1. The Bertz CT molecular complexity index is 1510. The lowest BCUT2D eigenvalue weighted by Crippen LogP contribution is -2.64. The number of hydrogen-bond donors (Lipinski definition) is 1. The molecule has 2 fully saturated rings. The zero-order valence-electron chi connectivity index (χ0n) is 23.0.